The van der Waals surface area contributed by atoms with Gasteiger partial charge in [0.05, 0.1) is 5.75 Å². The van der Waals surface area contributed by atoms with Crippen molar-refractivity contribution in [2.45, 2.75) is 37.4 Å². The Morgan fingerprint density at radius 1 is 1.47 bits per heavy atom. The summed E-state index contributed by atoms with van der Waals surface area (Å²) in [5.74, 6) is 0.0937. The molecule has 1 fully saturated rings. The van der Waals surface area contributed by atoms with E-state index in [2.05, 4.69) is 15.3 Å². The molecule has 2 heterocycles. The molecule has 1 aromatic rings. The van der Waals surface area contributed by atoms with Crippen LogP contribution in [0.15, 0.2) is 17.4 Å². The Labute approximate surface area is 102 Å². The first-order chi connectivity index (χ1) is 8.08. The van der Waals surface area contributed by atoms with Gasteiger partial charge in [-0.15, -0.1) is 0 Å². The summed E-state index contributed by atoms with van der Waals surface area (Å²) in [5.41, 5.74) is 0.676. The van der Waals surface area contributed by atoms with Crippen molar-refractivity contribution in [2.75, 3.05) is 12.3 Å². The van der Waals surface area contributed by atoms with Gasteiger partial charge >= 0.3 is 0 Å². The number of piperidine rings is 1. The van der Waals surface area contributed by atoms with Gasteiger partial charge in [-0.1, -0.05) is 6.42 Å². The Hall–Kier alpha value is -1.01. The summed E-state index contributed by atoms with van der Waals surface area (Å²) in [4.78, 5) is 7.83. The van der Waals surface area contributed by atoms with Crippen LogP contribution in [0.2, 0.25) is 0 Å². The van der Waals surface area contributed by atoms with Crippen LogP contribution in [0.3, 0.4) is 0 Å². The number of aryl methyl sites for hydroxylation is 1. The highest BCUT2D eigenvalue weighted by molar-refractivity contribution is 7.91. The van der Waals surface area contributed by atoms with Gasteiger partial charge in [-0.25, -0.2) is 18.4 Å². The van der Waals surface area contributed by atoms with Crippen molar-refractivity contribution in [1.29, 1.82) is 0 Å². The molecule has 0 radical (unpaired) electrons. The molecule has 17 heavy (non-hydrogen) atoms. The predicted octanol–water partition coefficient (Wildman–Crippen LogP) is 0.701. The summed E-state index contributed by atoms with van der Waals surface area (Å²) in [6.45, 7) is 2.66. The van der Waals surface area contributed by atoms with E-state index in [0.29, 0.717) is 5.69 Å². The molecule has 0 saturated carbocycles. The van der Waals surface area contributed by atoms with E-state index in [1.165, 1.54) is 6.20 Å². The van der Waals surface area contributed by atoms with Crippen LogP contribution in [0.4, 0.5) is 0 Å². The van der Waals surface area contributed by atoms with Gasteiger partial charge < -0.3 is 5.32 Å². The van der Waals surface area contributed by atoms with Crippen LogP contribution in [0.5, 0.6) is 0 Å². The first kappa shape index (κ1) is 12.4. The second-order valence-electron chi connectivity index (χ2n) is 4.41. The van der Waals surface area contributed by atoms with E-state index < -0.39 is 9.84 Å². The molecule has 5 nitrogen and oxygen atoms in total. The molecule has 1 aromatic heterocycles. The number of nitrogens with one attached hydrogen (secondary N) is 1. The third-order valence-corrected chi connectivity index (χ3v) is 4.48. The fraction of sp³-hybridized carbons (Fsp3) is 0.636. The number of nitrogens with zero attached hydrogens (tertiary/aromatic N) is 2. The minimum atomic E-state index is -3.37. The minimum Gasteiger partial charge on any atom is -0.313 e. The zero-order chi connectivity index (χ0) is 12.3. The molecule has 0 spiro atoms. The van der Waals surface area contributed by atoms with E-state index in [1.807, 2.05) is 0 Å². The molecule has 1 aliphatic rings. The quantitative estimate of drug-likeness (QED) is 0.805. The second-order valence-corrected chi connectivity index (χ2v) is 6.34. The number of hydrogen-bond acceptors (Lipinski definition) is 5. The highest BCUT2D eigenvalue weighted by Crippen LogP contribution is 2.13. The van der Waals surface area contributed by atoms with Crippen molar-refractivity contribution in [2.24, 2.45) is 0 Å². The van der Waals surface area contributed by atoms with Crippen LogP contribution in [0, 0.1) is 6.92 Å². The van der Waals surface area contributed by atoms with Crippen molar-refractivity contribution < 1.29 is 8.42 Å². The van der Waals surface area contributed by atoms with E-state index in [1.54, 1.807) is 13.0 Å². The van der Waals surface area contributed by atoms with Gasteiger partial charge in [0.2, 0.25) is 15.0 Å². The summed E-state index contributed by atoms with van der Waals surface area (Å²) >= 11 is 0. The summed E-state index contributed by atoms with van der Waals surface area (Å²) in [7, 11) is -3.37. The summed E-state index contributed by atoms with van der Waals surface area (Å²) in [6, 6.07) is 1.73. The normalized spacial score (nSPS) is 21.4. The van der Waals surface area contributed by atoms with E-state index in [9.17, 15) is 8.42 Å². The first-order valence-corrected chi connectivity index (χ1v) is 7.49. The van der Waals surface area contributed by atoms with E-state index in [4.69, 9.17) is 0 Å². The zero-order valence-corrected chi connectivity index (χ0v) is 10.7. The summed E-state index contributed by atoms with van der Waals surface area (Å²) < 4.78 is 24.2. The van der Waals surface area contributed by atoms with E-state index >= 15 is 0 Å². The molecule has 0 amide bonds. The van der Waals surface area contributed by atoms with Crippen LogP contribution in [-0.4, -0.2) is 36.7 Å². The third kappa shape index (κ3) is 3.23. The van der Waals surface area contributed by atoms with Crippen LogP contribution in [-0.2, 0) is 9.84 Å². The van der Waals surface area contributed by atoms with Crippen LogP contribution >= 0.6 is 0 Å². The lowest BCUT2D eigenvalue weighted by Crippen LogP contribution is -2.39. The van der Waals surface area contributed by atoms with Gasteiger partial charge in [0.15, 0.2) is 0 Å². The highest BCUT2D eigenvalue weighted by atomic mass is 32.2. The third-order valence-electron chi connectivity index (χ3n) is 2.88. The molecule has 1 N–H and O–H groups in total. The molecule has 1 aliphatic heterocycles. The van der Waals surface area contributed by atoms with E-state index in [0.717, 1.165) is 25.8 Å². The standard InChI is InChI=1S/C11H17N3O2S/c1-9-5-7-13-11(14-9)17(15,16)8-10-4-2-3-6-12-10/h5,7,10,12H,2-4,6,8H2,1H3/t10-/m0/s1. The van der Waals surface area contributed by atoms with Gasteiger partial charge in [-0.2, -0.15) is 0 Å². The van der Waals surface area contributed by atoms with Crippen LogP contribution < -0.4 is 5.32 Å². The van der Waals surface area contributed by atoms with Crippen molar-refractivity contribution in [3.05, 3.63) is 18.0 Å². The SMILES string of the molecule is Cc1ccnc(S(=O)(=O)C[C@@H]2CCCCN2)n1. The van der Waals surface area contributed by atoms with Gasteiger partial charge in [-0.3, -0.25) is 0 Å². The smallest absolute Gasteiger partial charge is 0.247 e. The van der Waals surface area contributed by atoms with Crippen molar-refractivity contribution >= 4 is 9.84 Å². The molecular formula is C11H17N3O2S. The van der Waals surface area contributed by atoms with Crippen molar-refractivity contribution in [3.8, 4) is 0 Å². The van der Waals surface area contributed by atoms with Crippen molar-refractivity contribution in [1.82, 2.24) is 15.3 Å². The Morgan fingerprint density at radius 3 is 2.94 bits per heavy atom. The first-order valence-electron chi connectivity index (χ1n) is 5.84. The Kier molecular flexibility index (Phi) is 3.73. The molecule has 1 atom stereocenters. The predicted molar refractivity (Wildman–Crippen MR) is 64.5 cm³/mol. The molecule has 0 unspecified atom stereocenters. The summed E-state index contributed by atoms with van der Waals surface area (Å²) in [6.07, 6.45) is 4.61. The zero-order valence-electron chi connectivity index (χ0n) is 9.89. The highest BCUT2D eigenvalue weighted by Gasteiger charge is 2.24. The van der Waals surface area contributed by atoms with Crippen LogP contribution in [0.1, 0.15) is 25.0 Å². The van der Waals surface area contributed by atoms with Gasteiger partial charge in [-0.05, 0) is 32.4 Å². The number of hydrogen-bond donors (Lipinski definition) is 1. The van der Waals surface area contributed by atoms with Crippen LogP contribution in [0.25, 0.3) is 0 Å². The lowest BCUT2D eigenvalue weighted by atomic mass is 10.1. The fourth-order valence-electron chi connectivity index (χ4n) is 1.98. The summed E-state index contributed by atoms with van der Waals surface area (Å²) in [5, 5.41) is 3.17. The second kappa shape index (κ2) is 5.10. The maximum Gasteiger partial charge on any atom is 0.247 e. The molecule has 0 aliphatic carbocycles. The monoisotopic (exact) mass is 255 g/mol. The van der Waals surface area contributed by atoms with Gasteiger partial charge in [0, 0.05) is 17.9 Å². The average molecular weight is 255 g/mol. The molecule has 6 heteroatoms. The number of sulfone groups is 1. The Morgan fingerprint density at radius 2 is 2.29 bits per heavy atom. The maximum absolute atomic E-state index is 12.1. The molecule has 0 bridgehead atoms. The lowest BCUT2D eigenvalue weighted by molar-refractivity contribution is 0.423. The van der Waals surface area contributed by atoms with E-state index in [-0.39, 0.29) is 17.0 Å². The Balaban J connectivity index is 2.13. The maximum atomic E-state index is 12.1. The molecule has 94 valence electrons. The largest absolute Gasteiger partial charge is 0.313 e. The lowest BCUT2D eigenvalue weighted by Gasteiger charge is -2.22. The van der Waals surface area contributed by atoms with Gasteiger partial charge in [0.25, 0.3) is 0 Å². The molecular weight excluding hydrogens is 238 g/mol. The number of aromatic nitrogens is 2. The Bertz CT molecular complexity index is 481. The molecule has 1 saturated heterocycles. The van der Waals surface area contributed by atoms with Gasteiger partial charge in [0.1, 0.15) is 0 Å². The topological polar surface area (TPSA) is 72.0 Å². The molecule has 2 rings (SSSR count). The molecule has 0 aromatic carbocycles. The van der Waals surface area contributed by atoms with Crippen molar-refractivity contribution in [3.63, 3.8) is 0 Å². The number of rotatable bonds is 3. The fourth-order valence-corrected chi connectivity index (χ4v) is 3.45. The average Bonchev–Trinajstić information content (AvgIpc) is 2.30. The minimum absolute atomic E-state index is 0.0397.